The lowest BCUT2D eigenvalue weighted by Crippen LogP contribution is -2.34. The monoisotopic (exact) mass is 336 g/mol. The van der Waals surface area contributed by atoms with E-state index in [1.165, 1.54) is 0 Å². The molecular weight excluding hydrogens is 318 g/mol. The van der Waals surface area contributed by atoms with Crippen LogP contribution in [0.25, 0.3) is 0 Å². The van der Waals surface area contributed by atoms with E-state index in [1.54, 1.807) is 29.2 Å². The molecule has 0 radical (unpaired) electrons. The minimum absolute atomic E-state index is 0. The number of hydrogen-bond acceptors (Lipinski definition) is 3. The van der Waals surface area contributed by atoms with Gasteiger partial charge in [-0.2, -0.15) is 8.78 Å². The summed E-state index contributed by atoms with van der Waals surface area (Å²) in [5, 5.41) is 0. The fourth-order valence-electron chi connectivity index (χ4n) is 2.38. The molecule has 2 N–H and O–H groups in total. The Bertz CT molecular complexity index is 504. The highest BCUT2D eigenvalue weighted by Crippen LogP contribution is 2.33. The molecule has 0 aromatic heterocycles. The zero-order chi connectivity index (χ0) is 14.8. The van der Waals surface area contributed by atoms with Crippen LogP contribution in [-0.4, -0.2) is 36.2 Å². The Morgan fingerprint density at radius 2 is 2.14 bits per heavy atom. The van der Waals surface area contributed by atoms with E-state index in [0.717, 1.165) is 6.42 Å². The van der Waals surface area contributed by atoms with Gasteiger partial charge in [-0.1, -0.05) is 30.8 Å². The third kappa shape index (κ3) is 4.31. The van der Waals surface area contributed by atoms with Crippen LogP contribution >= 0.6 is 24.2 Å². The normalized spacial score (nSPS) is 21.5. The van der Waals surface area contributed by atoms with Gasteiger partial charge < -0.3 is 10.6 Å². The molecule has 1 fully saturated rings. The van der Waals surface area contributed by atoms with Gasteiger partial charge in [0.15, 0.2) is 0 Å². The summed E-state index contributed by atoms with van der Waals surface area (Å²) in [5.41, 5.74) is 6.00. The highest BCUT2D eigenvalue weighted by Gasteiger charge is 2.35. The van der Waals surface area contributed by atoms with Crippen molar-refractivity contribution in [1.29, 1.82) is 0 Å². The second kappa shape index (κ2) is 7.42. The maximum atomic E-state index is 12.5. The summed E-state index contributed by atoms with van der Waals surface area (Å²) in [5.74, 6) is -2.72. The number of benzene rings is 1. The Balaban J connectivity index is 0.00000220. The Labute approximate surface area is 133 Å². The van der Waals surface area contributed by atoms with Gasteiger partial charge in [0, 0.05) is 18.0 Å². The fourth-order valence-corrected chi connectivity index (χ4v) is 3.01. The van der Waals surface area contributed by atoms with Crippen molar-refractivity contribution in [2.45, 2.75) is 24.0 Å². The van der Waals surface area contributed by atoms with Gasteiger partial charge in [0.2, 0.25) is 0 Å². The Morgan fingerprint density at radius 1 is 1.48 bits per heavy atom. The summed E-state index contributed by atoms with van der Waals surface area (Å²) in [7, 11) is 0. The Morgan fingerprint density at radius 3 is 2.71 bits per heavy atom. The van der Waals surface area contributed by atoms with Gasteiger partial charge in [0.25, 0.3) is 11.7 Å². The Kier molecular flexibility index (Phi) is 6.43. The van der Waals surface area contributed by atoms with E-state index in [4.69, 9.17) is 5.73 Å². The van der Waals surface area contributed by atoms with E-state index in [2.05, 4.69) is 0 Å². The number of carbonyl (C=O) groups excluding carboxylic acids is 1. The highest BCUT2D eigenvalue weighted by molar-refractivity contribution is 7.99. The quantitative estimate of drug-likeness (QED) is 0.859. The number of rotatable bonds is 4. The molecule has 0 saturated carbocycles. The molecule has 1 aliphatic rings. The maximum absolute atomic E-state index is 12.5. The predicted molar refractivity (Wildman–Crippen MR) is 83.2 cm³/mol. The molecule has 1 atom stereocenters. The molecule has 0 spiro atoms. The first-order chi connectivity index (χ1) is 9.45. The zero-order valence-electron chi connectivity index (χ0n) is 11.7. The van der Waals surface area contributed by atoms with E-state index in [-0.39, 0.29) is 23.7 Å². The average molecular weight is 337 g/mol. The molecule has 2 rings (SSSR count). The van der Waals surface area contributed by atoms with Crippen molar-refractivity contribution in [3.05, 3.63) is 29.8 Å². The predicted octanol–water partition coefficient (Wildman–Crippen LogP) is 3.23. The van der Waals surface area contributed by atoms with Crippen molar-refractivity contribution < 1.29 is 13.6 Å². The minimum atomic E-state index is -2.53. The van der Waals surface area contributed by atoms with Gasteiger partial charge in [-0.3, -0.25) is 4.79 Å². The first-order valence-corrected chi connectivity index (χ1v) is 7.36. The van der Waals surface area contributed by atoms with Crippen molar-refractivity contribution in [3.8, 4) is 0 Å². The van der Waals surface area contributed by atoms with E-state index in [0.29, 0.717) is 41.9 Å². The molecule has 3 nitrogen and oxygen atoms in total. The van der Waals surface area contributed by atoms with Crippen LogP contribution in [0.4, 0.5) is 8.78 Å². The molecule has 1 aliphatic heterocycles. The molecule has 21 heavy (non-hydrogen) atoms. The van der Waals surface area contributed by atoms with Gasteiger partial charge in [-0.05, 0) is 30.5 Å². The molecule has 1 aromatic carbocycles. The van der Waals surface area contributed by atoms with Crippen molar-refractivity contribution in [3.63, 3.8) is 0 Å². The average Bonchev–Trinajstić information content (AvgIpc) is 2.81. The molecule has 0 aliphatic carbocycles. The van der Waals surface area contributed by atoms with E-state index in [9.17, 15) is 13.6 Å². The summed E-state index contributed by atoms with van der Waals surface area (Å²) in [6.45, 7) is 3.76. The molecule has 118 valence electrons. The molecular formula is C14H19ClF2N2OS. The highest BCUT2D eigenvalue weighted by atomic mass is 35.5. The number of alkyl halides is 2. The van der Waals surface area contributed by atoms with E-state index in [1.807, 2.05) is 6.92 Å². The third-order valence-electron chi connectivity index (χ3n) is 3.67. The summed E-state index contributed by atoms with van der Waals surface area (Å²) in [6, 6.07) is 6.52. The van der Waals surface area contributed by atoms with Gasteiger partial charge in [-0.15, -0.1) is 12.4 Å². The molecule has 7 heteroatoms. The van der Waals surface area contributed by atoms with Crippen molar-refractivity contribution in [2.75, 3.05) is 19.6 Å². The molecule has 0 bridgehead atoms. The van der Waals surface area contributed by atoms with Crippen LogP contribution in [0.2, 0.25) is 0 Å². The molecule has 1 unspecified atom stereocenters. The fraction of sp³-hybridized carbons (Fsp3) is 0.500. The lowest BCUT2D eigenvalue weighted by molar-refractivity contribution is 0.0773. The van der Waals surface area contributed by atoms with Gasteiger partial charge in [0.05, 0.1) is 5.56 Å². The lowest BCUT2D eigenvalue weighted by Gasteiger charge is -2.23. The lowest BCUT2D eigenvalue weighted by atomic mass is 9.90. The van der Waals surface area contributed by atoms with Crippen LogP contribution in [0, 0.1) is 5.41 Å². The van der Waals surface area contributed by atoms with Gasteiger partial charge in [-0.25, -0.2) is 0 Å². The standard InChI is InChI=1S/C14H18F2N2OS.ClH/c1-14(8-17)6-7-18(9-14)12(19)10-4-2-3-5-11(10)20-13(15)16;/h2-5,13H,6-9,17H2,1H3;1H. The number of carbonyl (C=O) groups is 1. The maximum Gasteiger partial charge on any atom is 0.288 e. The van der Waals surface area contributed by atoms with Crippen molar-refractivity contribution in [1.82, 2.24) is 4.90 Å². The van der Waals surface area contributed by atoms with Crippen LogP contribution in [-0.2, 0) is 0 Å². The third-order valence-corrected chi connectivity index (χ3v) is 4.46. The van der Waals surface area contributed by atoms with Crippen LogP contribution in [0.1, 0.15) is 23.7 Å². The number of thioether (sulfide) groups is 1. The van der Waals surface area contributed by atoms with E-state index < -0.39 is 5.76 Å². The molecule has 1 aromatic rings. The minimum Gasteiger partial charge on any atom is -0.338 e. The number of hydrogen-bond donors (Lipinski definition) is 1. The van der Waals surface area contributed by atoms with E-state index >= 15 is 0 Å². The number of halogens is 3. The van der Waals surface area contributed by atoms with Gasteiger partial charge in [0.1, 0.15) is 0 Å². The van der Waals surface area contributed by atoms with Crippen LogP contribution in [0.15, 0.2) is 29.2 Å². The number of nitrogens with two attached hydrogens (primary N) is 1. The van der Waals surface area contributed by atoms with Crippen LogP contribution in [0.5, 0.6) is 0 Å². The summed E-state index contributed by atoms with van der Waals surface area (Å²) in [6.07, 6.45) is 0.847. The number of nitrogens with zero attached hydrogens (tertiary/aromatic N) is 1. The van der Waals surface area contributed by atoms with Crippen LogP contribution < -0.4 is 5.73 Å². The topological polar surface area (TPSA) is 46.3 Å². The second-order valence-electron chi connectivity index (χ2n) is 5.37. The summed E-state index contributed by atoms with van der Waals surface area (Å²) >= 11 is 0.412. The number of amides is 1. The number of likely N-dealkylation sites (tertiary alicyclic amines) is 1. The smallest absolute Gasteiger partial charge is 0.288 e. The largest absolute Gasteiger partial charge is 0.338 e. The molecule has 1 amide bonds. The Hall–Kier alpha value is -0.850. The van der Waals surface area contributed by atoms with Crippen molar-refractivity contribution >= 4 is 30.1 Å². The molecule has 1 saturated heterocycles. The first kappa shape index (κ1) is 18.2. The summed E-state index contributed by atoms with van der Waals surface area (Å²) in [4.78, 5) is 14.5. The van der Waals surface area contributed by atoms with Crippen LogP contribution in [0.3, 0.4) is 0 Å². The zero-order valence-corrected chi connectivity index (χ0v) is 13.4. The van der Waals surface area contributed by atoms with Crippen molar-refractivity contribution in [2.24, 2.45) is 11.1 Å². The molecule has 1 heterocycles. The first-order valence-electron chi connectivity index (χ1n) is 6.48. The van der Waals surface area contributed by atoms with Gasteiger partial charge >= 0.3 is 0 Å². The summed E-state index contributed by atoms with van der Waals surface area (Å²) < 4.78 is 25.1. The second-order valence-corrected chi connectivity index (χ2v) is 6.40. The SMILES string of the molecule is CC1(CN)CCN(C(=O)c2ccccc2SC(F)F)C1.Cl.